The summed E-state index contributed by atoms with van der Waals surface area (Å²) in [5, 5.41) is 1.93. The fourth-order valence-corrected chi connectivity index (χ4v) is 3.31. The van der Waals surface area contributed by atoms with E-state index >= 15 is 0 Å². The first-order valence-corrected chi connectivity index (χ1v) is 9.01. The van der Waals surface area contributed by atoms with Crippen molar-refractivity contribution in [2.24, 2.45) is 5.92 Å². The van der Waals surface area contributed by atoms with Crippen LogP contribution in [0.5, 0.6) is 11.5 Å². The number of rotatable bonds is 6. The van der Waals surface area contributed by atoms with Crippen LogP contribution in [0.25, 0.3) is 11.3 Å². The molecule has 0 amide bonds. The molecule has 6 nitrogen and oxygen atoms in total. The third-order valence-electron chi connectivity index (χ3n) is 4.48. The van der Waals surface area contributed by atoms with E-state index in [0.29, 0.717) is 36.2 Å². The molecule has 156 valence electrons. The monoisotopic (exact) mass is 410 g/mol. The molecule has 0 spiro atoms. The zero-order valence-corrected chi connectivity index (χ0v) is 16.2. The van der Waals surface area contributed by atoms with Crippen molar-refractivity contribution in [2.75, 3.05) is 25.3 Å². The first kappa shape index (κ1) is 20.8. The summed E-state index contributed by atoms with van der Waals surface area (Å²) in [6, 6.07) is 4.42. The largest absolute Gasteiger partial charge is 0.493 e. The van der Waals surface area contributed by atoms with E-state index in [2.05, 4.69) is 0 Å². The summed E-state index contributed by atoms with van der Waals surface area (Å²) >= 11 is 0. The Hall–Kier alpha value is -2.97. The summed E-state index contributed by atoms with van der Waals surface area (Å²) in [7, 11) is 1.33. The number of nitrogens with zero attached hydrogens (tertiary/aromatic N) is 2. The number of hydrogen-bond acceptors (Lipinski definition) is 5. The van der Waals surface area contributed by atoms with Gasteiger partial charge < -0.3 is 14.5 Å². The lowest BCUT2D eigenvalue weighted by atomic mass is 9.99. The van der Waals surface area contributed by atoms with Crippen molar-refractivity contribution in [3.8, 4) is 22.8 Å². The molecule has 2 aromatic rings. The highest BCUT2D eigenvalue weighted by atomic mass is 19.4. The van der Waals surface area contributed by atoms with Crippen molar-refractivity contribution in [3.05, 3.63) is 45.7 Å². The van der Waals surface area contributed by atoms with Gasteiger partial charge in [-0.05, 0) is 23.6 Å². The zero-order valence-electron chi connectivity index (χ0n) is 16.2. The number of pyridine rings is 1. The number of benzene rings is 1. The van der Waals surface area contributed by atoms with Crippen molar-refractivity contribution in [3.63, 3.8) is 0 Å². The summed E-state index contributed by atoms with van der Waals surface area (Å²) in [5.41, 5.74) is 1.46. The Kier molecular flexibility index (Phi) is 5.59. The van der Waals surface area contributed by atoms with Gasteiger partial charge in [-0.25, -0.2) is 0 Å². The second-order valence-corrected chi connectivity index (χ2v) is 7.25. The molecule has 1 aliphatic rings. The molecule has 0 unspecified atom stereocenters. The number of halogens is 3. The Bertz CT molecular complexity index is 983. The van der Waals surface area contributed by atoms with Gasteiger partial charge in [0.2, 0.25) is 0 Å². The molecule has 0 saturated carbocycles. The fourth-order valence-electron chi connectivity index (χ4n) is 3.31. The Labute approximate surface area is 165 Å². The van der Waals surface area contributed by atoms with Crippen LogP contribution in [0.3, 0.4) is 0 Å². The summed E-state index contributed by atoms with van der Waals surface area (Å²) in [6.45, 7) is 3.58. The molecule has 29 heavy (non-hydrogen) atoms. The molecule has 9 heteroatoms. The lowest BCUT2D eigenvalue weighted by molar-refractivity contribution is -0.153. The molecule has 0 bridgehead atoms. The molecule has 0 radical (unpaired) electrons. The first-order valence-electron chi connectivity index (χ1n) is 9.01. The van der Waals surface area contributed by atoms with Crippen LogP contribution in [-0.4, -0.2) is 37.4 Å². The predicted octanol–water partition coefficient (Wildman–Crippen LogP) is 3.39. The predicted molar refractivity (Wildman–Crippen MR) is 101 cm³/mol. The highest BCUT2D eigenvalue weighted by Crippen LogP contribution is 2.39. The highest BCUT2D eigenvalue weighted by Gasteiger charge is 2.30. The molecular formula is C20H21F3N2O4. The average molecular weight is 410 g/mol. The van der Waals surface area contributed by atoms with Crippen LogP contribution in [0.1, 0.15) is 29.8 Å². The number of carbonyl (C=O) groups is 1. The Balaban J connectivity index is 2.14. The summed E-state index contributed by atoms with van der Waals surface area (Å²) in [5.74, 6) is 0.375. The number of methoxy groups -OCH3 is 1. The Morgan fingerprint density at radius 3 is 2.52 bits per heavy atom. The number of aldehydes is 1. The molecule has 0 atom stereocenters. The van der Waals surface area contributed by atoms with Crippen LogP contribution in [0.15, 0.2) is 29.2 Å². The van der Waals surface area contributed by atoms with Gasteiger partial charge in [0, 0.05) is 24.4 Å². The molecule has 0 N–H and O–H groups in total. The van der Waals surface area contributed by atoms with Crippen LogP contribution in [-0.2, 0) is 6.54 Å². The highest BCUT2D eigenvalue weighted by molar-refractivity contribution is 5.77. The van der Waals surface area contributed by atoms with Gasteiger partial charge in [-0.1, -0.05) is 13.8 Å². The van der Waals surface area contributed by atoms with Crippen LogP contribution in [0.4, 0.5) is 13.2 Å². The molecule has 1 aromatic carbocycles. The second-order valence-electron chi connectivity index (χ2n) is 7.25. The molecule has 0 saturated heterocycles. The topological polar surface area (TPSA) is 60.8 Å². The van der Waals surface area contributed by atoms with Crippen LogP contribution in [0.2, 0.25) is 0 Å². The van der Waals surface area contributed by atoms with E-state index in [9.17, 15) is 22.8 Å². The SMILES string of the molecule is COc1cc2c(cc1OCC(F)(F)F)CN(CC(C)C)n1cc(C=O)c(=O)cc1-2. The van der Waals surface area contributed by atoms with E-state index in [1.54, 1.807) is 10.7 Å². The van der Waals surface area contributed by atoms with Gasteiger partial charge in [0.15, 0.2) is 29.8 Å². The molecular weight excluding hydrogens is 389 g/mol. The average Bonchev–Trinajstić information content (AvgIpc) is 2.64. The van der Waals surface area contributed by atoms with Gasteiger partial charge in [-0.3, -0.25) is 14.3 Å². The van der Waals surface area contributed by atoms with E-state index in [1.807, 2.05) is 18.9 Å². The van der Waals surface area contributed by atoms with Crippen molar-refractivity contribution in [2.45, 2.75) is 26.6 Å². The first-order chi connectivity index (χ1) is 13.6. The molecule has 1 aliphatic heterocycles. The van der Waals surface area contributed by atoms with Crippen LogP contribution in [0, 0.1) is 5.92 Å². The Morgan fingerprint density at radius 2 is 1.93 bits per heavy atom. The number of aromatic nitrogens is 1. The van der Waals surface area contributed by atoms with E-state index in [4.69, 9.17) is 9.47 Å². The van der Waals surface area contributed by atoms with Gasteiger partial charge in [0.1, 0.15) is 0 Å². The van der Waals surface area contributed by atoms with E-state index in [-0.39, 0.29) is 23.0 Å². The van der Waals surface area contributed by atoms with Gasteiger partial charge in [0.05, 0.1) is 24.9 Å². The minimum atomic E-state index is -4.48. The van der Waals surface area contributed by atoms with Crippen molar-refractivity contribution < 1.29 is 27.4 Å². The molecule has 2 heterocycles. The van der Waals surface area contributed by atoms with Gasteiger partial charge >= 0.3 is 6.18 Å². The van der Waals surface area contributed by atoms with Gasteiger partial charge in [-0.15, -0.1) is 0 Å². The second kappa shape index (κ2) is 7.81. The van der Waals surface area contributed by atoms with Crippen LogP contribution >= 0.6 is 0 Å². The van der Waals surface area contributed by atoms with Gasteiger partial charge in [0.25, 0.3) is 0 Å². The van der Waals surface area contributed by atoms with Gasteiger partial charge in [-0.2, -0.15) is 13.2 Å². The summed E-state index contributed by atoms with van der Waals surface area (Å²) in [4.78, 5) is 23.5. The number of fused-ring (bicyclic) bond motifs is 3. The maximum absolute atomic E-state index is 12.6. The quantitative estimate of drug-likeness (QED) is 0.684. The van der Waals surface area contributed by atoms with Crippen LogP contribution < -0.4 is 19.9 Å². The fraction of sp³-hybridized carbons (Fsp3) is 0.400. The van der Waals surface area contributed by atoms with E-state index < -0.39 is 18.2 Å². The number of ether oxygens (including phenoxy) is 2. The minimum absolute atomic E-state index is 0.0200. The summed E-state index contributed by atoms with van der Waals surface area (Å²) < 4.78 is 49.7. The van der Waals surface area contributed by atoms with E-state index in [0.717, 1.165) is 0 Å². The Morgan fingerprint density at radius 1 is 1.21 bits per heavy atom. The lowest BCUT2D eigenvalue weighted by Gasteiger charge is -2.36. The van der Waals surface area contributed by atoms with Crippen molar-refractivity contribution in [1.82, 2.24) is 4.68 Å². The number of carbonyl (C=O) groups excluding carboxylic acids is 1. The maximum Gasteiger partial charge on any atom is 0.422 e. The normalized spacial score (nSPS) is 13.1. The third-order valence-corrected chi connectivity index (χ3v) is 4.48. The van der Waals surface area contributed by atoms with Crippen molar-refractivity contribution >= 4 is 6.29 Å². The molecule has 0 fully saturated rings. The number of hydrogen-bond donors (Lipinski definition) is 0. The van der Waals surface area contributed by atoms with E-state index in [1.165, 1.54) is 25.4 Å². The zero-order chi connectivity index (χ0) is 21.3. The summed E-state index contributed by atoms with van der Waals surface area (Å²) in [6.07, 6.45) is -2.49. The minimum Gasteiger partial charge on any atom is -0.493 e. The third kappa shape index (κ3) is 4.38. The van der Waals surface area contributed by atoms with Crippen molar-refractivity contribution in [1.29, 1.82) is 0 Å². The number of alkyl halides is 3. The smallest absolute Gasteiger partial charge is 0.422 e. The lowest BCUT2D eigenvalue weighted by Crippen LogP contribution is -2.41. The molecule has 3 rings (SSSR count). The maximum atomic E-state index is 12.6. The standard InChI is InChI=1S/C20H21F3N2O4/c1-12(2)7-24-8-13-4-19(29-11-20(21,22)23)18(28-3)5-15(13)16-6-17(27)14(10-26)9-25(16)24/h4-6,9-10,12H,7-8,11H2,1-3H3. The molecule has 1 aromatic heterocycles. The molecule has 0 aliphatic carbocycles.